The van der Waals surface area contributed by atoms with Gasteiger partial charge in [-0.05, 0) is 80.5 Å². The summed E-state index contributed by atoms with van der Waals surface area (Å²) in [6.07, 6.45) is 3.35. The Morgan fingerprint density at radius 3 is 2.39 bits per heavy atom. The number of sulfonamides is 1. The molecule has 0 aromatic heterocycles. The van der Waals surface area contributed by atoms with E-state index in [-0.39, 0.29) is 23.4 Å². The standard InChI is InChI=1S/C27H30N2O3S/c1-19-11-15-25(16-12-19)33(31,32)29(26-10-5-4-7-20(26)2)18-27(30)28-21(3)23-14-13-22-8-6-9-24(22)17-23/h4-5,7,10-17,21H,6,8-9,18H2,1-3H3,(H,28,30)/t21-/m0/s1. The van der Waals surface area contributed by atoms with Crippen LogP contribution in [0.25, 0.3) is 0 Å². The number of para-hydroxylation sites is 1. The summed E-state index contributed by atoms with van der Waals surface area (Å²) in [5.74, 6) is -0.345. The maximum Gasteiger partial charge on any atom is 0.264 e. The van der Waals surface area contributed by atoms with Crippen molar-refractivity contribution in [3.05, 3.63) is 94.5 Å². The molecule has 3 aromatic rings. The van der Waals surface area contributed by atoms with Crippen LogP contribution in [-0.2, 0) is 27.7 Å². The summed E-state index contributed by atoms with van der Waals surface area (Å²) in [6, 6.07) is 20.0. The number of carbonyl (C=O) groups is 1. The smallest absolute Gasteiger partial charge is 0.264 e. The van der Waals surface area contributed by atoms with Crippen LogP contribution < -0.4 is 9.62 Å². The molecule has 0 saturated carbocycles. The van der Waals surface area contributed by atoms with E-state index in [9.17, 15) is 13.2 Å². The third-order valence-electron chi connectivity index (χ3n) is 6.28. The fourth-order valence-corrected chi connectivity index (χ4v) is 5.83. The molecule has 0 fully saturated rings. The largest absolute Gasteiger partial charge is 0.348 e. The highest BCUT2D eigenvalue weighted by atomic mass is 32.2. The first-order valence-electron chi connectivity index (χ1n) is 11.3. The Morgan fingerprint density at radius 1 is 0.970 bits per heavy atom. The van der Waals surface area contributed by atoms with Crippen molar-refractivity contribution in [1.29, 1.82) is 0 Å². The number of rotatable bonds is 7. The molecule has 1 atom stereocenters. The van der Waals surface area contributed by atoms with Gasteiger partial charge in [-0.3, -0.25) is 9.10 Å². The minimum absolute atomic E-state index is 0.163. The van der Waals surface area contributed by atoms with Gasteiger partial charge >= 0.3 is 0 Å². The molecule has 33 heavy (non-hydrogen) atoms. The van der Waals surface area contributed by atoms with Crippen LogP contribution >= 0.6 is 0 Å². The molecule has 0 saturated heterocycles. The number of nitrogens with one attached hydrogen (secondary N) is 1. The zero-order chi connectivity index (χ0) is 23.6. The number of aryl methyl sites for hydroxylation is 4. The highest BCUT2D eigenvalue weighted by molar-refractivity contribution is 7.92. The number of amides is 1. The van der Waals surface area contributed by atoms with E-state index < -0.39 is 10.0 Å². The first-order valence-corrected chi connectivity index (χ1v) is 12.8. The van der Waals surface area contributed by atoms with Crippen LogP contribution in [0.3, 0.4) is 0 Å². The predicted molar refractivity (Wildman–Crippen MR) is 132 cm³/mol. The Bertz CT molecular complexity index is 1270. The third kappa shape index (κ3) is 4.96. The molecule has 1 aliphatic rings. The van der Waals surface area contributed by atoms with Crippen LogP contribution in [0, 0.1) is 13.8 Å². The number of hydrogen-bond donors (Lipinski definition) is 1. The molecule has 0 heterocycles. The molecule has 1 amide bonds. The van der Waals surface area contributed by atoms with Crippen LogP contribution in [0.2, 0.25) is 0 Å². The summed E-state index contributed by atoms with van der Waals surface area (Å²) >= 11 is 0. The van der Waals surface area contributed by atoms with E-state index in [0.717, 1.165) is 29.5 Å². The topological polar surface area (TPSA) is 66.5 Å². The van der Waals surface area contributed by atoms with Crippen molar-refractivity contribution in [2.24, 2.45) is 0 Å². The second-order valence-electron chi connectivity index (χ2n) is 8.78. The van der Waals surface area contributed by atoms with Crippen molar-refractivity contribution in [2.75, 3.05) is 10.8 Å². The Labute approximate surface area is 196 Å². The van der Waals surface area contributed by atoms with E-state index in [1.54, 1.807) is 36.4 Å². The Hall–Kier alpha value is -3.12. The van der Waals surface area contributed by atoms with E-state index in [0.29, 0.717) is 5.69 Å². The van der Waals surface area contributed by atoms with Crippen LogP contribution in [-0.4, -0.2) is 20.9 Å². The van der Waals surface area contributed by atoms with Crippen LogP contribution in [0.1, 0.15) is 47.2 Å². The van der Waals surface area contributed by atoms with E-state index in [4.69, 9.17) is 0 Å². The molecule has 1 N–H and O–H groups in total. The van der Waals surface area contributed by atoms with Gasteiger partial charge in [0.1, 0.15) is 6.54 Å². The average molecular weight is 463 g/mol. The molecule has 172 valence electrons. The molecule has 0 aliphatic heterocycles. The second-order valence-corrected chi connectivity index (χ2v) is 10.6. The fourth-order valence-electron chi connectivity index (χ4n) is 4.34. The summed E-state index contributed by atoms with van der Waals surface area (Å²) in [5.41, 5.74) is 6.01. The Morgan fingerprint density at radius 2 is 1.67 bits per heavy atom. The van der Waals surface area contributed by atoms with Crippen LogP contribution in [0.5, 0.6) is 0 Å². The average Bonchev–Trinajstić information content (AvgIpc) is 3.26. The SMILES string of the molecule is Cc1ccc(S(=O)(=O)N(CC(=O)N[C@@H](C)c2ccc3c(c2)CCC3)c2ccccc2C)cc1. The first-order chi connectivity index (χ1) is 15.8. The van der Waals surface area contributed by atoms with Gasteiger partial charge in [0, 0.05) is 0 Å². The Balaban J connectivity index is 1.59. The zero-order valence-corrected chi connectivity index (χ0v) is 20.2. The van der Waals surface area contributed by atoms with Crippen molar-refractivity contribution in [3.8, 4) is 0 Å². The minimum atomic E-state index is -3.92. The molecule has 6 heteroatoms. The molecule has 0 bridgehead atoms. The third-order valence-corrected chi connectivity index (χ3v) is 8.05. The summed E-state index contributed by atoms with van der Waals surface area (Å²) < 4.78 is 28.3. The van der Waals surface area contributed by atoms with Crippen molar-refractivity contribution < 1.29 is 13.2 Å². The summed E-state index contributed by atoms with van der Waals surface area (Å²) in [7, 11) is -3.92. The monoisotopic (exact) mass is 462 g/mol. The fraction of sp³-hybridized carbons (Fsp3) is 0.296. The minimum Gasteiger partial charge on any atom is -0.348 e. The van der Waals surface area contributed by atoms with Crippen LogP contribution in [0.15, 0.2) is 71.6 Å². The lowest BCUT2D eigenvalue weighted by Gasteiger charge is -2.26. The van der Waals surface area contributed by atoms with Crippen molar-refractivity contribution in [2.45, 2.75) is 51.0 Å². The maximum absolute atomic E-state index is 13.6. The number of hydrogen-bond acceptors (Lipinski definition) is 3. The molecule has 0 radical (unpaired) electrons. The molecule has 0 spiro atoms. The first kappa shape index (κ1) is 23.1. The Kier molecular flexibility index (Phi) is 6.56. The summed E-state index contributed by atoms with van der Waals surface area (Å²) in [6.45, 7) is 5.39. The van der Waals surface area contributed by atoms with Crippen molar-refractivity contribution in [1.82, 2.24) is 5.32 Å². The van der Waals surface area contributed by atoms with Crippen LogP contribution in [0.4, 0.5) is 5.69 Å². The highest BCUT2D eigenvalue weighted by Crippen LogP contribution is 2.28. The zero-order valence-electron chi connectivity index (χ0n) is 19.3. The van der Waals surface area contributed by atoms with Crippen molar-refractivity contribution >= 4 is 21.6 Å². The van der Waals surface area contributed by atoms with Gasteiger partial charge < -0.3 is 5.32 Å². The predicted octanol–water partition coefficient (Wildman–Crippen LogP) is 4.86. The summed E-state index contributed by atoms with van der Waals surface area (Å²) in [5, 5.41) is 2.99. The van der Waals surface area contributed by atoms with Gasteiger partial charge in [-0.1, -0.05) is 54.1 Å². The van der Waals surface area contributed by atoms with Crippen molar-refractivity contribution in [3.63, 3.8) is 0 Å². The van der Waals surface area contributed by atoms with Gasteiger partial charge in [0.25, 0.3) is 10.0 Å². The van der Waals surface area contributed by atoms with Gasteiger partial charge in [0.05, 0.1) is 16.6 Å². The van der Waals surface area contributed by atoms with E-state index in [2.05, 4.69) is 23.5 Å². The molecule has 0 unspecified atom stereocenters. The van der Waals surface area contributed by atoms with Gasteiger partial charge in [-0.2, -0.15) is 0 Å². The molecule has 4 rings (SSSR count). The molecule has 1 aliphatic carbocycles. The number of benzene rings is 3. The van der Waals surface area contributed by atoms with Gasteiger partial charge in [0.15, 0.2) is 0 Å². The van der Waals surface area contributed by atoms with E-state index >= 15 is 0 Å². The lowest BCUT2D eigenvalue weighted by molar-refractivity contribution is -0.120. The normalized spacial score (nSPS) is 13.9. The molecular weight excluding hydrogens is 432 g/mol. The quantitative estimate of drug-likeness (QED) is 0.545. The van der Waals surface area contributed by atoms with Gasteiger partial charge in [-0.25, -0.2) is 8.42 Å². The molecular formula is C27H30N2O3S. The number of anilines is 1. The number of fused-ring (bicyclic) bond motifs is 1. The number of carbonyl (C=O) groups excluding carboxylic acids is 1. The lowest BCUT2D eigenvalue weighted by atomic mass is 10.0. The van der Waals surface area contributed by atoms with E-state index in [1.165, 1.54) is 21.9 Å². The lowest BCUT2D eigenvalue weighted by Crippen LogP contribution is -2.41. The number of nitrogens with zero attached hydrogens (tertiary/aromatic N) is 1. The van der Waals surface area contributed by atoms with E-state index in [1.807, 2.05) is 32.9 Å². The molecule has 5 nitrogen and oxygen atoms in total. The maximum atomic E-state index is 13.6. The van der Waals surface area contributed by atoms with Gasteiger partial charge in [-0.15, -0.1) is 0 Å². The second kappa shape index (κ2) is 9.40. The highest BCUT2D eigenvalue weighted by Gasteiger charge is 2.28. The molecule has 3 aromatic carbocycles. The summed E-state index contributed by atoms with van der Waals surface area (Å²) in [4.78, 5) is 13.2. The van der Waals surface area contributed by atoms with Gasteiger partial charge in [0.2, 0.25) is 5.91 Å².